The van der Waals surface area contributed by atoms with Gasteiger partial charge < -0.3 is 0 Å². The molecule has 3 aromatic rings. The zero-order valence-electron chi connectivity index (χ0n) is 11.5. The van der Waals surface area contributed by atoms with Crippen molar-refractivity contribution in [2.45, 2.75) is 13.3 Å². The Morgan fingerprint density at radius 3 is 2.86 bits per heavy atom. The lowest BCUT2D eigenvalue weighted by Gasteiger charge is -1.98. The molecule has 112 valence electrons. The van der Waals surface area contributed by atoms with E-state index in [4.69, 9.17) is 0 Å². The third kappa shape index (κ3) is 3.34. The lowest BCUT2D eigenvalue weighted by atomic mass is 10.1. The molecule has 0 atom stereocenters. The average Bonchev–Trinajstić information content (AvgIpc) is 3.11. The van der Waals surface area contributed by atoms with Gasteiger partial charge in [0.2, 0.25) is 5.13 Å². The molecule has 1 amide bonds. The van der Waals surface area contributed by atoms with Crippen LogP contribution in [0.25, 0.3) is 0 Å². The maximum atomic E-state index is 13.6. The minimum absolute atomic E-state index is 0.277. The lowest BCUT2D eigenvalue weighted by molar-refractivity contribution is 0.102. The molecule has 0 aliphatic heterocycles. The number of nitrogens with one attached hydrogen (secondary N) is 1. The van der Waals surface area contributed by atoms with Gasteiger partial charge in [0, 0.05) is 11.8 Å². The van der Waals surface area contributed by atoms with E-state index < -0.39 is 0 Å². The van der Waals surface area contributed by atoms with Crippen molar-refractivity contribution in [3.8, 4) is 0 Å². The molecule has 2 heterocycles. The summed E-state index contributed by atoms with van der Waals surface area (Å²) in [5.74, 6) is -0.598. The van der Waals surface area contributed by atoms with Crippen LogP contribution in [0.3, 0.4) is 0 Å². The minimum atomic E-state index is -0.321. The number of thiazole rings is 1. The molecule has 3 rings (SSSR count). The van der Waals surface area contributed by atoms with E-state index in [1.807, 2.05) is 6.92 Å². The van der Waals surface area contributed by atoms with Gasteiger partial charge in [-0.1, -0.05) is 29.5 Å². The number of hydrogen-bond acceptors (Lipinski definition) is 6. The molecule has 1 aromatic carbocycles. The number of carbonyl (C=O) groups excluding carboxylic acids is 1. The Kier molecular flexibility index (Phi) is 4.21. The monoisotopic (exact) mass is 334 g/mol. The van der Waals surface area contributed by atoms with Crippen molar-refractivity contribution in [1.29, 1.82) is 0 Å². The topological polar surface area (TPSA) is 67.8 Å². The van der Waals surface area contributed by atoms with Crippen LogP contribution in [0.2, 0.25) is 0 Å². The van der Waals surface area contributed by atoms with Crippen molar-refractivity contribution in [3.63, 3.8) is 0 Å². The molecule has 0 spiro atoms. The summed E-state index contributed by atoms with van der Waals surface area (Å²) in [6.45, 7) is 1.83. The molecule has 0 radical (unpaired) electrons. The van der Waals surface area contributed by atoms with Crippen LogP contribution in [0.4, 0.5) is 9.52 Å². The summed E-state index contributed by atoms with van der Waals surface area (Å²) in [4.78, 5) is 16.1. The zero-order valence-corrected chi connectivity index (χ0v) is 13.2. The van der Waals surface area contributed by atoms with E-state index in [-0.39, 0.29) is 11.7 Å². The molecular formula is C14H11FN4OS2. The molecule has 0 unspecified atom stereocenters. The van der Waals surface area contributed by atoms with Crippen LogP contribution in [0.5, 0.6) is 0 Å². The Hall–Kier alpha value is -2.19. The third-order valence-corrected chi connectivity index (χ3v) is 4.45. The fraction of sp³-hybridized carbons (Fsp3) is 0.143. The Balaban J connectivity index is 1.69. The van der Waals surface area contributed by atoms with Crippen molar-refractivity contribution in [3.05, 3.63) is 56.7 Å². The highest BCUT2D eigenvalue weighted by atomic mass is 32.1. The van der Waals surface area contributed by atoms with Crippen LogP contribution in [0.15, 0.2) is 29.6 Å². The highest BCUT2D eigenvalue weighted by Crippen LogP contribution is 2.20. The van der Waals surface area contributed by atoms with Crippen molar-refractivity contribution >= 4 is 33.7 Å². The van der Waals surface area contributed by atoms with E-state index in [9.17, 15) is 9.18 Å². The number of nitrogens with zero attached hydrogens (tertiary/aromatic N) is 3. The fourth-order valence-corrected chi connectivity index (χ4v) is 3.16. The van der Waals surface area contributed by atoms with Gasteiger partial charge >= 0.3 is 0 Å². The summed E-state index contributed by atoms with van der Waals surface area (Å²) in [6.07, 6.45) is 0.343. The lowest BCUT2D eigenvalue weighted by Crippen LogP contribution is -2.12. The molecule has 5 nitrogen and oxygen atoms in total. The largest absolute Gasteiger partial charge is 0.295 e. The predicted molar refractivity (Wildman–Crippen MR) is 83.9 cm³/mol. The number of aryl methyl sites for hydroxylation is 1. The molecular weight excluding hydrogens is 323 g/mol. The highest BCUT2D eigenvalue weighted by molar-refractivity contribution is 7.15. The van der Waals surface area contributed by atoms with Crippen LogP contribution in [0.1, 0.15) is 26.1 Å². The number of rotatable bonds is 4. The number of aromatic nitrogens is 3. The normalized spacial score (nSPS) is 10.6. The second-order valence-electron chi connectivity index (χ2n) is 4.48. The first-order valence-corrected chi connectivity index (χ1v) is 8.10. The van der Waals surface area contributed by atoms with Gasteiger partial charge in [0.25, 0.3) is 5.91 Å². The van der Waals surface area contributed by atoms with E-state index >= 15 is 0 Å². The number of halogens is 1. The van der Waals surface area contributed by atoms with Crippen LogP contribution in [0, 0.1) is 12.7 Å². The Morgan fingerprint density at radius 1 is 1.32 bits per heavy atom. The van der Waals surface area contributed by atoms with Crippen molar-refractivity contribution < 1.29 is 9.18 Å². The Morgan fingerprint density at radius 2 is 2.14 bits per heavy atom. The number of anilines is 1. The van der Waals surface area contributed by atoms with E-state index in [1.165, 1.54) is 28.7 Å². The molecule has 0 saturated carbocycles. The summed E-state index contributed by atoms with van der Waals surface area (Å²) in [5, 5.41) is 14.0. The van der Waals surface area contributed by atoms with Crippen molar-refractivity contribution in [1.82, 2.24) is 15.2 Å². The van der Waals surface area contributed by atoms with Crippen LogP contribution in [-0.4, -0.2) is 21.1 Å². The molecule has 2 aromatic heterocycles. The molecule has 0 aliphatic carbocycles. The zero-order chi connectivity index (χ0) is 15.5. The van der Waals surface area contributed by atoms with Gasteiger partial charge in [0.1, 0.15) is 16.5 Å². The molecule has 22 heavy (non-hydrogen) atoms. The standard InChI is InChI=1S/C14H11FN4OS2/c1-8-16-11(7-21-8)13(20)17-14-19-18-12(22-14)6-9-4-2-3-5-10(9)15/h2-5,7H,6H2,1H3,(H,17,19,20). The quantitative estimate of drug-likeness (QED) is 0.795. The maximum absolute atomic E-state index is 13.6. The molecule has 8 heteroatoms. The van der Waals surface area contributed by atoms with E-state index in [2.05, 4.69) is 20.5 Å². The summed E-state index contributed by atoms with van der Waals surface area (Å²) in [6, 6.07) is 6.52. The fourth-order valence-electron chi connectivity index (χ4n) is 1.81. The van der Waals surface area contributed by atoms with Crippen LogP contribution in [-0.2, 0) is 6.42 Å². The molecule has 1 N–H and O–H groups in total. The first-order valence-electron chi connectivity index (χ1n) is 6.41. The second-order valence-corrected chi connectivity index (χ2v) is 6.60. The number of amides is 1. The van der Waals surface area contributed by atoms with Crippen molar-refractivity contribution in [2.75, 3.05) is 5.32 Å². The summed E-state index contributed by atoms with van der Waals surface area (Å²) >= 11 is 2.63. The van der Waals surface area contributed by atoms with Gasteiger partial charge in [-0.15, -0.1) is 21.5 Å². The molecule has 0 fully saturated rings. The number of hydrogen-bond donors (Lipinski definition) is 1. The SMILES string of the molecule is Cc1nc(C(=O)Nc2nnc(Cc3ccccc3F)s2)cs1. The second kappa shape index (κ2) is 6.29. The first kappa shape index (κ1) is 14.7. The van der Waals surface area contributed by atoms with Gasteiger partial charge in [-0.05, 0) is 18.6 Å². The number of carbonyl (C=O) groups is 1. The molecule has 0 aliphatic rings. The van der Waals surface area contributed by atoms with Gasteiger partial charge in [-0.2, -0.15) is 0 Å². The third-order valence-electron chi connectivity index (χ3n) is 2.84. The first-order chi connectivity index (χ1) is 10.6. The molecule has 0 saturated heterocycles. The smallest absolute Gasteiger partial charge is 0.276 e. The summed E-state index contributed by atoms with van der Waals surface area (Å²) in [7, 11) is 0. The van der Waals surface area contributed by atoms with Gasteiger partial charge in [-0.25, -0.2) is 9.37 Å². The van der Waals surface area contributed by atoms with E-state index in [0.29, 0.717) is 27.8 Å². The highest BCUT2D eigenvalue weighted by Gasteiger charge is 2.13. The average molecular weight is 334 g/mol. The van der Waals surface area contributed by atoms with Crippen LogP contribution >= 0.6 is 22.7 Å². The van der Waals surface area contributed by atoms with Crippen LogP contribution < -0.4 is 5.32 Å². The van der Waals surface area contributed by atoms with E-state index in [0.717, 1.165) is 5.01 Å². The number of benzene rings is 1. The Bertz CT molecular complexity index is 815. The van der Waals surface area contributed by atoms with Gasteiger partial charge in [0.05, 0.1) is 5.01 Å². The van der Waals surface area contributed by atoms with Crippen molar-refractivity contribution in [2.24, 2.45) is 0 Å². The summed E-state index contributed by atoms with van der Waals surface area (Å²) in [5.41, 5.74) is 0.903. The van der Waals surface area contributed by atoms with Gasteiger partial charge in [0.15, 0.2) is 0 Å². The van der Waals surface area contributed by atoms with Gasteiger partial charge in [-0.3, -0.25) is 10.1 Å². The minimum Gasteiger partial charge on any atom is -0.295 e. The Labute approximate surface area is 133 Å². The molecule has 0 bridgehead atoms. The summed E-state index contributed by atoms with van der Waals surface area (Å²) < 4.78 is 13.6. The van der Waals surface area contributed by atoms with E-state index in [1.54, 1.807) is 23.6 Å². The predicted octanol–water partition coefficient (Wildman–Crippen LogP) is 3.29. The maximum Gasteiger partial charge on any atom is 0.276 e.